The molecule has 0 amide bonds. The molecule has 0 saturated heterocycles. The highest BCUT2D eigenvalue weighted by Crippen LogP contribution is 2.17. The summed E-state index contributed by atoms with van der Waals surface area (Å²) in [5, 5.41) is 11.7. The molecular formula is C17H32O7S. The lowest BCUT2D eigenvalue weighted by molar-refractivity contribution is -0.432. The fraction of sp³-hybridized carbons (Fsp3) is 0.882. The van der Waals surface area contributed by atoms with E-state index in [4.69, 9.17) is 14.7 Å². The second kappa shape index (κ2) is 18.0. The minimum absolute atomic E-state index is 0.0800. The van der Waals surface area contributed by atoms with Gasteiger partial charge in [0.25, 0.3) is 0 Å². The van der Waals surface area contributed by atoms with E-state index in [2.05, 4.69) is 23.2 Å². The van der Waals surface area contributed by atoms with E-state index in [0.29, 0.717) is 13.2 Å². The lowest BCUT2D eigenvalue weighted by atomic mass is 10.1. The van der Waals surface area contributed by atoms with Crippen LogP contribution < -0.4 is 0 Å². The number of unbranched alkanes of at least 4 members (excludes halogenated alkanes) is 6. The van der Waals surface area contributed by atoms with E-state index in [0.717, 1.165) is 63.4 Å². The van der Waals surface area contributed by atoms with Gasteiger partial charge in [-0.05, 0) is 12.8 Å². The molecule has 25 heavy (non-hydrogen) atoms. The Bertz CT molecular complexity index is 339. The molecule has 0 rings (SSSR count). The Morgan fingerprint density at radius 3 is 2.08 bits per heavy atom. The van der Waals surface area contributed by atoms with Gasteiger partial charge in [0.2, 0.25) is 0 Å². The molecule has 0 heterocycles. The number of carbonyl (C=O) groups excluding carboxylic acids is 2. The molecule has 7 nitrogen and oxygen atoms in total. The van der Waals surface area contributed by atoms with Gasteiger partial charge in [0, 0.05) is 17.8 Å². The Morgan fingerprint density at radius 1 is 0.920 bits per heavy atom. The summed E-state index contributed by atoms with van der Waals surface area (Å²) in [6.45, 7) is 4.92. The Balaban J connectivity index is 4.16. The molecule has 0 aromatic carbocycles. The summed E-state index contributed by atoms with van der Waals surface area (Å²) in [5.41, 5.74) is 0. The van der Waals surface area contributed by atoms with E-state index < -0.39 is 17.9 Å². The molecule has 0 bridgehead atoms. The third-order valence-corrected chi connectivity index (χ3v) is 4.29. The number of carbonyl (C=O) groups is 2. The molecule has 0 aliphatic carbocycles. The second-order valence-corrected chi connectivity index (χ2v) is 6.54. The largest absolute Gasteiger partial charge is 0.466 e. The number of rotatable bonds is 17. The van der Waals surface area contributed by atoms with Gasteiger partial charge in [-0.25, -0.2) is 5.26 Å². The van der Waals surface area contributed by atoms with Gasteiger partial charge in [0.05, 0.1) is 25.6 Å². The first-order valence-corrected chi connectivity index (χ1v) is 9.98. The van der Waals surface area contributed by atoms with Crippen LogP contribution in [-0.4, -0.2) is 36.2 Å². The Labute approximate surface area is 154 Å². The van der Waals surface area contributed by atoms with Crippen molar-refractivity contribution >= 4 is 24.0 Å². The molecule has 0 radical (unpaired) electrons. The lowest BCUT2D eigenvalue weighted by Gasteiger charge is -2.14. The van der Waals surface area contributed by atoms with E-state index in [1.165, 1.54) is 0 Å². The van der Waals surface area contributed by atoms with Crippen LogP contribution in [0.4, 0.5) is 0 Å². The first kappa shape index (κ1) is 24.2. The van der Waals surface area contributed by atoms with E-state index in [-0.39, 0.29) is 12.2 Å². The molecule has 0 fully saturated rings. The highest BCUT2D eigenvalue weighted by molar-refractivity contribution is 7.94. The molecule has 0 aromatic rings. The third-order valence-electron chi connectivity index (χ3n) is 3.60. The SMILES string of the molecule is CCCCCCOC(=O)CC(CSOOO)C(=O)OCCCCCC. The Hall–Kier alpha value is -0.830. The molecule has 0 aromatic heterocycles. The van der Waals surface area contributed by atoms with Crippen LogP contribution in [0.25, 0.3) is 0 Å². The summed E-state index contributed by atoms with van der Waals surface area (Å²) in [4.78, 5) is 24.0. The van der Waals surface area contributed by atoms with Crippen molar-refractivity contribution in [3.8, 4) is 0 Å². The minimum Gasteiger partial charge on any atom is -0.466 e. The van der Waals surface area contributed by atoms with Crippen LogP contribution in [0.1, 0.15) is 71.6 Å². The predicted molar refractivity (Wildman–Crippen MR) is 95.6 cm³/mol. The summed E-state index contributed by atoms with van der Waals surface area (Å²) in [6, 6.07) is 0. The standard InChI is InChI=1S/C17H32O7S/c1-3-5-7-9-11-21-16(18)13-15(14-25-24-23-20)17(19)22-12-10-8-6-4-2/h15,20H,3-14H2,1-2H3. The summed E-state index contributed by atoms with van der Waals surface area (Å²) in [7, 11) is 0. The minimum atomic E-state index is -0.700. The molecular weight excluding hydrogens is 348 g/mol. The van der Waals surface area contributed by atoms with Gasteiger partial charge in [-0.3, -0.25) is 9.59 Å². The summed E-state index contributed by atoms with van der Waals surface area (Å²) in [5.74, 6) is -1.47. The molecule has 148 valence electrons. The van der Waals surface area contributed by atoms with E-state index >= 15 is 0 Å². The maximum absolute atomic E-state index is 12.1. The topological polar surface area (TPSA) is 91.3 Å². The van der Waals surface area contributed by atoms with E-state index in [1.807, 2.05) is 0 Å². The van der Waals surface area contributed by atoms with Gasteiger partial charge < -0.3 is 9.47 Å². The van der Waals surface area contributed by atoms with Crippen LogP contribution in [-0.2, 0) is 28.4 Å². The maximum Gasteiger partial charge on any atom is 0.310 e. The number of ether oxygens (including phenoxy) is 2. The average molecular weight is 381 g/mol. The summed E-state index contributed by atoms with van der Waals surface area (Å²) >= 11 is 0.733. The third kappa shape index (κ3) is 15.2. The zero-order valence-corrected chi connectivity index (χ0v) is 16.2. The fourth-order valence-corrected chi connectivity index (χ4v) is 2.65. The van der Waals surface area contributed by atoms with Crippen LogP contribution in [0.5, 0.6) is 0 Å². The van der Waals surface area contributed by atoms with Gasteiger partial charge in [-0.1, -0.05) is 57.4 Å². The van der Waals surface area contributed by atoms with Crippen LogP contribution in [0.2, 0.25) is 0 Å². The van der Waals surface area contributed by atoms with Gasteiger partial charge in [-0.2, -0.15) is 0 Å². The fourth-order valence-electron chi connectivity index (χ4n) is 2.14. The molecule has 1 N–H and O–H groups in total. The smallest absolute Gasteiger partial charge is 0.310 e. The predicted octanol–water partition coefficient (Wildman–Crippen LogP) is 4.31. The molecule has 0 aliphatic heterocycles. The average Bonchev–Trinajstić information content (AvgIpc) is 2.60. The zero-order valence-electron chi connectivity index (χ0n) is 15.4. The number of esters is 2. The van der Waals surface area contributed by atoms with Gasteiger partial charge >= 0.3 is 11.9 Å². The highest BCUT2D eigenvalue weighted by Gasteiger charge is 2.25. The Kier molecular flexibility index (Phi) is 17.4. The van der Waals surface area contributed by atoms with Crippen molar-refractivity contribution in [1.82, 2.24) is 0 Å². The quantitative estimate of drug-likeness (QED) is 0.131. The molecule has 1 atom stereocenters. The second-order valence-electron chi connectivity index (χ2n) is 5.84. The first-order chi connectivity index (χ1) is 12.2. The highest BCUT2D eigenvalue weighted by atomic mass is 32.2. The Morgan fingerprint density at radius 2 is 1.52 bits per heavy atom. The van der Waals surface area contributed by atoms with Crippen molar-refractivity contribution in [3.63, 3.8) is 0 Å². The van der Waals surface area contributed by atoms with Gasteiger partial charge in [0.1, 0.15) is 0 Å². The van der Waals surface area contributed by atoms with E-state index in [1.54, 1.807) is 0 Å². The normalized spacial score (nSPS) is 12.0. The van der Waals surface area contributed by atoms with Crippen LogP contribution in [0, 0.1) is 5.92 Å². The van der Waals surface area contributed by atoms with Crippen molar-refractivity contribution < 1.29 is 33.7 Å². The van der Waals surface area contributed by atoms with Crippen molar-refractivity contribution in [2.45, 2.75) is 71.6 Å². The van der Waals surface area contributed by atoms with Crippen molar-refractivity contribution in [1.29, 1.82) is 0 Å². The number of hydrogen-bond donors (Lipinski definition) is 1. The van der Waals surface area contributed by atoms with Crippen LogP contribution in [0.3, 0.4) is 0 Å². The molecule has 1 unspecified atom stereocenters. The van der Waals surface area contributed by atoms with Crippen LogP contribution >= 0.6 is 12.0 Å². The zero-order chi connectivity index (χ0) is 18.8. The van der Waals surface area contributed by atoms with Gasteiger partial charge in [0.15, 0.2) is 0 Å². The molecule has 0 aliphatic rings. The van der Waals surface area contributed by atoms with Crippen LogP contribution in [0.15, 0.2) is 0 Å². The van der Waals surface area contributed by atoms with Crippen molar-refractivity contribution in [2.24, 2.45) is 5.92 Å². The first-order valence-electron chi connectivity index (χ1n) is 9.07. The molecule has 8 heteroatoms. The number of hydrogen-bond acceptors (Lipinski definition) is 8. The monoisotopic (exact) mass is 380 g/mol. The molecule has 0 spiro atoms. The summed E-state index contributed by atoms with van der Waals surface area (Å²) in [6.07, 6.45) is 8.00. The van der Waals surface area contributed by atoms with Crippen molar-refractivity contribution in [3.05, 3.63) is 0 Å². The lowest BCUT2D eigenvalue weighted by Crippen LogP contribution is -2.25. The van der Waals surface area contributed by atoms with E-state index in [9.17, 15) is 9.59 Å². The molecule has 0 saturated carbocycles. The van der Waals surface area contributed by atoms with Gasteiger partial charge in [-0.15, -0.1) is 4.33 Å². The van der Waals surface area contributed by atoms with Crippen molar-refractivity contribution in [2.75, 3.05) is 19.0 Å². The summed E-state index contributed by atoms with van der Waals surface area (Å²) < 4.78 is 14.7. The maximum atomic E-state index is 12.1.